The van der Waals surface area contributed by atoms with Crippen LogP contribution in [0.5, 0.6) is 5.75 Å². The van der Waals surface area contributed by atoms with Crippen LogP contribution in [0.3, 0.4) is 0 Å². The predicted molar refractivity (Wildman–Crippen MR) is 90.5 cm³/mol. The molecule has 26 heavy (non-hydrogen) atoms. The minimum Gasteiger partial charge on any atom is -0.449 e. The number of ether oxygens (including phenoxy) is 2. The van der Waals surface area contributed by atoms with Gasteiger partial charge in [-0.1, -0.05) is 30.3 Å². The fourth-order valence-corrected chi connectivity index (χ4v) is 2.90. The molecule has 136 valence electrons. The fourth-order valence-electron chi connectivity index (χ4n) is 2.90. The van der Waals surface area contributed by atoms with E-state index in [0.717, 1.165) is 17.7 Å². The van der Waals surface area contributed by atoms with Crippen LogP contribution in [0, 0.1) is 0 Å². The summed E-state index contributed by atoms with van der Waals surface area (Å²) in [6.45, 7) is -1.10. The molecule has 0 fully saturated rings. The summed E-state index contributed by atoms with van der Waals surface area (Å²) < 4.78 is 34.4. The summed E-state index contributed by atoms with van der Waals surface area (Å²) in [6, 6.07) is 13.0. The van der Waals surface area contributed by atoms with E-state index in [-0.39, 0.29) is 17.2 Å². The van der Waals surface area contributed by atoms with Crippen LogP contribution in [-0.4, -0.2) is 31.1 Å². The van der Waals surface area contributed by atoms with Gasteiger partial charge in [0.25, 0.3) is 5.91 Å². The van der Waals surface area contributed by atoms with Crippen LogP contribution >= 0.6 is 0 Å². The number of fused-ring (bicyclic) bond motifs is 1. The van der Waals surface area contributed by atoms with Crippen molar-refractivity contribution in [1.82, 2.24) is 0 Å². The van der Waals surface area contributed by atoms with Gasteiger partial charge in [0.2, 0.25) is 0 Å². The van der Waals surface area contributed by atoms with Crippen molar-refractivity contribution in [3.63, 3.8) is 0 Å². The van der Waals surface area contributed by atoms with E-state index in [1.807, 2.05) is 24.3 Å². The molecule has 0 spiro atoms. The molecule has 0 bridgehead atoms. The molecule has 7 heteroatoms. The average molecular weight is 361 g/mol. The lowest BCUT2D eigenvalue weighted by atomic mass is 10.2. The number of amides is 1. The number of carbonyl (C=O) groups is 2. The Labute approximate surface area is 149 Å². The van der Waals surface area contributed by atoms with Crippen LogP contribution in [-0.2, 0) is 16.0 Å². The van der Waals surface area contributed by atoms with Gasteiger partial charge in [0.1, 0.15) is 11.3 Å². The van der Waals surface area contributed by atoms with Crippen molar-refractivity contribution in [3.05, 3.63) is 59.7 Å². The minimum atomic E-state index is -3.07. The second kappa shape index (κ2) is 7.51. The van der Waals surface area contributed by atoms with E-state index in [0.29, 0.717) is 6.54 Å². The normalized spacial score (nSPS) is 14.1. The van der Waals surface area contributed by atoms with Crippen LogP contribution in [0.4, 0.5) is 14.5 Å². The number of para-hydroxylation sites is 2. The summed E-state index contributed by atoms with van der Waals surface area (Å²) in [7, 11) is 0. The lowest BCUT2D eigenvalue weighted by Crippen LogP contribution is -2.39. The maximum absolute atomic E-state index is 12.6. The number of anilines is 1. The van der Waals surface area contributed by atoms with E-state index in [9.17, 15) is 18.4 Å². The van der Waals surface area contributed by atoms with Gasteiger partial charge in [-0.05, 0) is 37.1 Å². The molecule has 0 unspecified atom stereocenters. The van der Waals surface area contributed by atoms with Gasteiger partial charge >= 0.3 is 12.6 Å². The summed E-state index contributed by atoms with van der Waals surface area (Å²) >= 11 is 0. The maximum atomic E-state index is 12.6. The van der Waals surface area contributed by atoms with Crippen molar-refractivity contribution in [1.29, 1.82) is 0 Å². The number of hydrogen-bond acceptors (Lipinski definition) is 4. The molecule has 3 rings (SSSR count). The van der Waals surface area contributed by atoms with Gasteiger partial charge in [-0.25, -0.2) is 4.79 Å². The van der Waals surface area contributed by atoms with Gasteiger partial charge in [0.15, 0.2) is 6.10 Å². The fraction of sp³-hybridized carbons (Fsp3) is 0.263. The van der Waals surface area contributed by atoms with E-state index >= 15 is 0 Å². The Morgan fingerprint density at radius 2 is 1.77 bits per heavy atom. The molecule has 0 aromatic heterocycles. The molecule has 2 aromatic rings. The number of hydrogen-bond donors (Lipinski definition) is 0. The smallest absolute Gasteiger partial charge is 0.387 e. The zero-order valence-corrected chi connectivity index (χ0v) is 14.0. The zero-order valence-electron chi connectivity index (χ0n) is 14.0. The quantitative estimate of drug-likeness (QED) is 0.766. The first-order valence-corrected chi connectivity index (χ1v) is 8.11. The number of nitrogens with zero attached hydrogens (tertiary/aromatic N) is 1. The molecule has 0 saturated carbocycles. The van der Waals surface area contributed by atoms with Gasteiger partial charge in [-0.3, -0.25) is 4.79 Å². The van der Waals surface area contributed by atoms with E-state index in [1.54, 1.807) is 4.90 Å². The van der Waals surface area contributed by atoms with Gasteiger partial charge in [0.05, 0.1) is 0 Å². The number of esters is 1. The second-order valence-corrected chi connectivity index (χ2v) is 5.79. The van der Waals surface area contributed by atoms with Crippen molar-refractivity contribution < 1.29 is 27.8 Å². The highest BCUT2D eigenvalue weighted by Crippen LogP contribution is 2.28. The van der Waals surface area contributed by atoms with Crippen LogP contribution in [0.15, 0.2) is 48.5 Å². The molecule has 5 nitrogen and oxygen atoms in total. The molecular formula is C19H17F2NO4. The van der Waals surface area contributed by atoms with Gasteiger partial charge in [-0.2, -0.15) is 8.78 Å². The summed E-state index contributed by atoms with van der Waals surface area (Å²) in [4.78, 5) is 26.5. The van der Waals surface area contributed by atoms with E-state index in [4.69, 9.17) is 4.74 Å². The number of alkyl halides is 2. The summed E-state index contributed by atoms with van der Waals surface area (Å²) in [5.74, 6) is -1.55. The Kier molecular flexibility index (Phi) is 5.16. The number of rotatable bonds is 5. The Morgan fingerprint density at radius 1 is 1.08 bits per heavy atom. The maximum Gasteiger partial charge on any atom is 0.387 e. The van der Waals surface area contributed by atoms with Gasteiger partial charge in [-0.15, -0.1) is 0 Å². The van der Waals surface area contributed by atoms with Crippen LogP contribution in [0.2, 0.25) is 0 Å². The molecular weight excluding hydrogens is 344 g/mol. The van der Waals surface area contributed by atoms with E-state index in [2.05, 4.69) is 4.74 Å². The van der Waals surface area contributed by atoms with Crippen molar-refractivity contribution >= 4 is 17.6 Å². The summed E-state index contributed by atoms with van der Waals surface area (Å²) in [6.07, 6.45) is -0.332. The minimum absolute atomic E-state index is 0.158. The number of benzene rings is 2. The molecule has 0 aliphatic carbocycles. The molecule has 0 N–H and O–H groups in total. The third-order valence-electron chi connectivity index (χ3n) is 4.11. The Bertz CT molecular complexity index is 825. The highest BCUT2D eigenvalue weighted by Gasteiger charge is 2.30. The van der Waals surface area contributed by atoms with Crippen LogP contribution in [0.25, 0.3) is 0 Å². The predicted octanol–water partition coefficient (Wildman–Crippen LogP) is 3.42. The monoisotopic (exact) mass is 361 g/mol. The van der Waals surface area contributed by atoms with Crippen LogP contribution in [0.1, 0.15) is 22.8 Å². The SMILES string of the molecule is C[C@H](OC(=O)c1ccccc1OC(F)F)C(=O)N1CCc2ccccc21. The first-order chi connectivity index (χ1) is 12.5. The Balaban J connectivity index is 1.71. The van der Waals surface area contributed by atoms with Gasteiger partial charge < -0.3 is 14.4 Å². The third kappa shape index (κ3) is 3.66. The molecule has 1 aliphatic rings. The van der Waals surface area contributed by atoms with Crippen molar-refractivity contribution in [2.45, 2.75) is 26.1 Å². The lowest BCUT2D eigenvalue weighted by molar-refractivity contribution is -0.126. The average Bonchev–Trinajstić information content (AvgIpc) is 3.05. The highest BCUT2D eigenvalue weighted by atomic mass is 19.3. The number of carbonyl (C=O) groups excluding carboxylic acids is 2. The molecule has 1 atom stereocenters. The molecule has 2 aromatic carbocycles. The number of halogens is 2. The zero-order chi connectivity index (χ0) is 18.7. The van der Waals surface area contributed by atoms with Crippen molar-refractivity contribution in [2.24, 2.45) is 0 Å². The first-order valence-electron chi connectivity index (χ1n) is 8.11. The Morgan fingerprint density at radius 3 is 2.54 bits per heavy atom. The van der Waals surface area contributed by atoms with Crippen molar-refractivity contribution in [3.8, 4) is 5.75 Å². The summed E-state index contributed by atoms with van der Waals surface area (Å²) in [5, 5.41) is 0. The standard InChI is InChI=1S/C19H17F2NO4/c1-12(17(23)22-11-10-13-6-2-4-8-15(13)22)25-18(24)14-7-3-5-9-16(14)26-19(20)21/h2-9,12,19H,10-11H2,1H3/t12-/m0/s1. The highest BCUT2D eigenvalue weighted by molar-refractivity contribution is 6.00. The molecule has 1 amide bonds. The summed E-state index contributed by atoms with van der Waals surface area (Å²) in [5.41, 5.74) is 1.69. The molecule has 0 saturated heterocycles. The second-order valence-electron chi connectivity index (χ2n) is 5.79. The van der Waals surface area contributed by atoms with Crippen LogP contribution < -0.4 is 9.64 Å². The Hall–Kier alpha value is -2.96. The topological polar surface area (TPSA) is 55.8 Å². The first kappa shape index (κ1) is 17.8. The van der Waals surface area contributed by atoms with Crippen molar-refractivity contribution in [2.75, 3.05) is 11.4 Å². The molecule has 0 radical (unpaired) electrons. The van der Waals surface area contributed by atoms with E-state index in [1.165, 1.54) is 31.2 Å². The molecule has 1 heterocycles. The van der Waals surface area contributed by atoms with E-state index < -0.39 is 18.7 Å². The van der Waals surface area contributed by atoms with Gasteiger partial charge in [0, 0.05) is 12.2 Å². The third-order valence-corrected chi connectivity index (χ3v) is 4.11. The lowest BCUT2D eigenvalue weighted by Gasteiger charge is -2.22. The largest absolute Gasteiger partial charge is 0.449 e. The molecule has 1 aliphatic heterocycles.